The van der Waals surface area contributed by atoms with Gasteiger partial charge in [-0.2, -0.15) is 4.98 Å². The third-order valence-electron chi connectivity index (χ3n) is 5.16. The molecule has 0 saturated carbocycles. The highest BCUT2D eigenvalue weighted by atomic mass is 19.1. The van der Waals surface area contributed by atoms with Crippen molar-refractivity contribution in [3.05, 3.63) is 90.4 Å². The van der Waals surface area contributed by atoms with Gasteiger partial charge in [-0.15, -0.1) is 0 Å². The van der Waals surface area contributed by atoms with Crippen molar-refractivity contribution in [3.8, 4) is 17.2 Å². The van der Waals surface area contributed by atoms with Crippen LogP contribution >= 0.6 is 0 Å². The van der Waals surface area contributed by atoms with Crippen molar-refractivity contribution in [2.75, 3.05) is 11.1 Å². The molecule has 0 aliphatic heterocycles. The van der Waals surface area contributed by atoms with Crippen molar-refractivity contribution < 1.29 is 4.39 Å². The zero-order valence-corrected chi connectivity index (χ0v) is 17.3. The van der Waals surface area contributed by atoms with E-state index in [2.05, 4.69) is 27.2 Å². The zero-order chi connectivity index (χ0) is 22.1. The summed E-state index contributed by atoms with van der Waals surface area (Å²) < 4.78 is 15.4. The molecule has 3 aromatic heterocycles. The maximum atomic E-state index is 13.5. The number of nitrogen functional groups attached to an aromatic ring is 1. The summed E-state index contributed by atoms with van der Waals surface area (Å²) >= 11 is 0. The summed E-state index contributed by atoms with van der Waals surface area (Å²) in [5.74, 6) is 1.72. The van der Waals surface area contributed by atoms with Crippen LogP contribution in [0, 0.1) is 5.82 Å². The van der Waals surface area contributed by atoms with Gasteiger partial charge in [0.15, 0.2) is 5.65 Å². The second-order valence-electron chi connectivity index (χ2n) is 7.37. The van der Waals surface area contributed by atoms with Crippen LogP contribution in [0.2, 0.25) is 0 Å². The summed E-state index contributed by atoms with van der Waals surface area (Å²) in [6.45, 7) is 2.05. The first-order valence-electron chi connectivity index (χ1n) is 10.1. The van der Waals surface area contributed by atoms with Crippen molar-refractivity contribution in [2.45, 2.75) is 13.0 Å². The number of fused-ring (bicyclic) bond motifs is 1. The van der Waals surface area contributed by atoms with Crippen LogP contribution in [0.1, 0.15) is 18.5 Å². The first kappa shape index (κ1) is 19.6. The van der Waals surface area contributed by atoms with Gasteiger partial charge in [0.05, 0.1) is 11.6 Å². The molecule has 0 aliphatic carbocycles. The fourth-order valence-electron chi connectivity index (χ4n) is 3.56. The quantitative estimate of drug-likeness (QED) is 0.421. The largest absolute Gasteiger partial charge is 0.384 e. The first-order chi connectivity index (χ1) is 15.6. The molecule has 5 aromatic rings. The average Bonchev–Trinajstić information content (AvgIpc) is 3.19. The Labute approximate surface area is 183 Å². The van der Waals surface area contributed by atoms with Crippen LogP contribution in [0.5, 0.6) is 0 Å². The van der Waals surface area contributed by atoms with Crippen LogP contribution in [0.15, 0.2) is 79.0 Å². The van der Waals surface area contributed by atoms with Crippen LogP contribution in [-0.4, -0.2) is 24.5 Å². The molecule has 158 valence electrons. The molecule has 7 nitrogen and oxygen atoms in total. The van der Waals surface area contributed by atoms with Gasteiger partial charge in [0, 0.05) is 11.8 Å². The van der Waals surface area contributed by atoms with Crippen LogP contribution in [0.25, 0.3) is 28.4 Å². The number of aromatic nitrogens is 5. The summed E-state index contributed by atoms with van der Waals surface area (Å²) in [7, 11) is 0. The molecule has 3 N–H and O–H groups in total. The number of rotatable bonds is 5. The fourth-order valence-corrected chi connectivity index (χ4v) is 3.56. The number of imidazole rings is 1. The van der Waals surface area contributed by atoms with E-state index in [1.807, 2.05) is 41.0 Å². The maximum absolute atomic E-state index is 13.5. The van der Waals surface area contributed by atoms with E-state index < -0.39 is 0 Å². The number of anilines is 2. The Bertz CT molecular complexity index is 1380. The molecule has 0 spiro atoms. The molecular formula is C24H20FN7. The predicted molar refractivity (Wildman–Crippen MR) is 123 cm³/mol. The molecule has 0 fully saturated rings. The van der Waals surface area contributed by atoms with Crippen LogP contribution in [-0.2, 0) is 0 Å². The predicted octanol–water partition coefficient (Wildman–Crippen LogP) is 4.77. The number of nitrogens with one attached hydrogen (secondary N) is 1. The van der Waals surface area contributed by atoms with E-state index in [4.69, 9.17) is 10.7 Å². The van der Waals surface area contributed by atoms with Gasteiger partial charge in [-0.25, -0.2) is 19.3 Å². The number of nitrogens with zero attached hydrogens (tertiary/aromatic N) is 5. The van der Waals surface area contributed by atoms with Gasteiger partial charge in [0.25, 0.3) is 0 Å². The Hall–Kier alpha value is -4.33. The molecule has 5 rings (SSSR count). The smallest absolute Gasteiger partial charge is 0.225 e. The minimum absolute atomic E-state index is 0.0176. The van der Waals surface area contributed by atoms with Gasteiger partial charge in [-0.05, 0) is 55.0 Å². The molecule has 1 atom stereocenters. The highest BCUT2D eigenvalue weighted by molar-refractivity contribution is 5.81. The molecule has 2 aromatic carbocycles. The monoisotopic (exact) mass is 425 g/mol. The minimum Gasteiger partial charge on any atom is -0.384 e. The summed E-state index contributed by atoms with van der Waals surface area (Å²) in [6, 6.07) is 21.6. The van der Waals surface area contributed by atoms with E-state index in [0.717, 1.165) is 16.6 Å². The third-order valence-corrected chi connectivity index (χ3v) is 5.16. The number of pyridine rings is 1. The van der Waals surface area contributed by atoms with E-state index in [-0.39, 0.29) is 11.9 Å². The number of benzene rings is 2. The van der Waals surface area contributed by atoms with E-state index in [1.165, 1.54) is 12.1 Å². The Balaban J connectivity index is 1.60. The number of nitrogens with two attached hydrogens (primary N) is 1. The second kappa shape index (κ2) is 8.07. The number of hydrogen-bond acceptors (Lipinski definition) is 6. The van der Waals surface area contributed by atoms with Crippen molar-refractivity contribution in [3.63, 3.8) is 0 Å². The summed E-state index contributed by atoms with van der Waals surface area (Å²) in [5, 5.41) is 3.34. The van der Waals surface area contributed by atoms with Crippen molar-refractivity contribution in [1.82, 2.24) is 24.5 Å². The molecule has 0 aliphatic rings. The van der Waals surface area contributed by atoms with Crippen LogP contribution in [0.3, 0.4) is 0 Å². The molecule has 32 heavy (non-hydrogen) atoms. The van der Waals surface area contributed by atoms with Gasteiger partial charge >= 0.3 is 0 Å². The average molecular weight is 425 g/mol. The SMILES string of the molecule is CC(Nc1nccc(-n2c(-c3ccc(F)cc3)nc3nc(N)ccc32)n1)c1ccccc1. The second-order valence-corrected chi connectivity index (χ2v) is 7.37. The summed E-state index contributed by atoms with van der Waals surface area (Å²) in [5.41, 5.74) is 8.94. The number of hydrogen-bond donors (Lipinski definition) is 2. The molecule has 0 bridgehead atoms. The van der Waals surface area contributed by atoms with E-state index in [0.29, 0.717) is 29.1 Å². The maximum Gasteiger partial charge on any atom is 0.225 e. The zero-order valence-electron chi connectivity index (χ0n) is 17.3. The summed E-state index contributed by atoms with van der Waals surface area (Å²) in [6.07, 6.45) is 1.69. The lowest BCUT2D eigenvalue weighted by molar-refractivity contribution is 0.628. The van der Waals surface area contributed by atoms with E-state index >= 15 is 0 Å². The van der Waals surface area contributed by atoms with Crippen molar-refractivity contribution >= 4 is 22.9 Å². The van der Waals surface area contributed by atoms with E-state index in [9.17, 15) is 4.39 Å². The molecule has 1 unspecified atom stereocenters. The molecule has 0 saturated heterocycles. The third kappa shape index (κ3) is 3.74. The molecule has 3 heterocycles. The molecule has 0 radical (unpaired) electrons. The van der Waals surface area contributed by atoms with Crippen molar-refractivity contribution in [2.24, 2.45) is 0 Å². The van der Waals surface area contributed by atoms with Crippen molar-refractivity contribution in [1.29, 1.82) is 0 Å². The first-order valence-corrected chi connectivity index (χ1v) is 10.1. The van der Waals surface area contributed by atoms with Crippen LogP contribution in [0.4, 0.5) is 16.2 Å². The Morgan fingerprint density at radius 1 is 0.906 bits per heavy atom. The Morgan fingerprint density at radius 2 is 1.69 bits per heavy atom. The van der Waals surface area contributed by atoms with Gasteiger partial charge < -0.3 is 11.1 Å². The van der Waals surface area contributed by atoms with Gasteiger partial charge in [0.1, 0.15) is 23.3 Å². The standard InChI is InChI=1S/C24H20FN7/c1-15(16-5-3-2-4-6-16)28-24-27-14-13-21(30-24)32-19-11-12-20(26)29-22(19)31-23(32)17-7-9-18(25)10-8-17/h2-15H,1H3,(H2,26,29)(H,27,28,30). The fraction of sp³-hybridized carbons (Fsp3) is 0.0833. The number of halogens is 1. The lowest BCUT2D eigenvalue weighted by atomic mass is 10.1. The molecular weight excluding hydrogens is 405 g/mol. The highest BCUT2D eigenvalue weighted by Crippen LogP contribution is 2.28. The topological polar surface area (TPSA) is 94.5 Å². The lowest BCUT2D eigenvalue weighted by Gasteiger charge is -2.15. The highest BCUT2D eigenvalue weighted by Gasteiger charge is 2.17. The Kier molecular flexibility index (Phi) is 4.95. The van der Waals surface area contributed by atoms with Gasteiger partial charge in [-0.1, -0.05) is 30.3 Å². The van der Waals surface area contributed by atoms with Crippen LogP contribution < -0.4 is 11.1 Å². The summed E-state index contributed by atoms with van der Waals surface area (Å²) in [4.78, 5) is 18.1. The Morgan fingerprint density at radius 3 is 2.47 bits per heavy atom. The van der Waals surface area contributed by atoms with Gasteiger partial charge in [-0.3, -0.25) is 4.57 Å². The minimum atomic E-state index is -0.317. The van der Waals surface area contributed by atoms with E-state index in [1.54, 1.807) is 30.5 Å². The molecule has 0 amide bonds. The van der Waals surface area contributed by atoms with Gasteiger partial charge in [0.2, 0.25) is 5.95 Å². The lowest BCUT2D eigenvalue weighted by Crippen LogP contribution is -2.11. The molecule has 8 heteroatoms. The normalized spacial score (nSPS) is 12.1.